The highest BCUT2D eigenvalue weighted by molar-refractivity contribution is 5.92. The molecule has 5 heteroatoms. The molecule has 112 valence electrons. The van der Waals surface area contributed by atoms with E-state index in [0.29, 0.717) is 13.2 Å². The minimum atomic E-state index is -0.0817. The lowest BCUT2D eigenvalue weighted by Gasteiger charge is -2.13. The first-order valence-electron chi connectivity index (χ1n) is 6.92. The van der Waals surface area contributed by atoms with E-state index in [-0.39, 0.29) is 18.6 Å². The lowest BCUT2D eigenvalue weighted by molar-refractivity contribution is -0.115. The first kappa shape index (κ1) is 16.5. The van der Waals surface area contributed by atoms with Gasteiger partial charge >= 0.3 is 0 Å². The van der Waals surface area contributed by atoms with Gasteiger partial charge in [-0.15, -0.1) is 0 Å². The lowest BCUT2D eigenvalue weighted by Crippen LogP contribution is -2.30. The first-order chi connectivity index (χ1) is 9.65. The number of hydrogen-bond acceptors (Lipinski definition) is 4. The van der Waals surface area contributed by atoms with Crippen molar-refractivity contribution in [1.29, 1.82) is 0 Å². The van der Waals surface area contributed by atoms with Gasteiger partial charge in [0.25, 0.3) is 0 Å². The van der Waals surface area contributed by atoms with Gasteiger partial charge in [0.2, 0.25) is 5.91 Å². The van der Waals surface area contributed by atoms with Crippen LogP contribution in [0, 0.1) is 0 Å². The molecule has 0 heterocycles. The molecule has 0 aromatic heterocycles. The molecule has 2 N–H and O–H groups in total. The summed E-state index contributed by atoms with van der Waals surface area (Å²) in [6.07, 6.45) is 1.11. The molecular weight excluding hydrogens is 256 g/mol. The zero-order valence-corrected chi connectivity index (χ0v) is 12.4. The number of ether oxygens (including phenoxy) is 2. The van der Waals surface area contributed by atoms with Gasteiger partial charge in [-0.25, -0.2) is 0 Å². The van der Waals surface area contributed by atoms with Crippen molar-refractivity contribution in [3.05, 3.63) is 24.3 Å². The number of nitrogens with one attached hydrogen (secondary N) is 2. The molecule has 0 saturated carbocycles. The monoisotopic (exact) mass is 280 g/mol. The van der Waals surface area contributed by atoms with Crippen LogP contribution in [0.15, 0.2) is 24.3 Å². The Morgan fingerprint density at radius 1 is 1.40 bits per heavy atom. The van der Waals surface area contributed by atoms with Gasteiger partial charge in [0.1, 0.15) is 5.75 Å². The van der Waals surface area contributed by atoms with E-state index in [1.807, 2.05) is 31.2 Å². The highest BCUT2D eigenvalue weighted by Crippen LogP contribution is 2.19. The second-order valence-corrected chi connectivity index (χ2v) is 4.58. The Balaban J connectivity index is 2.43. The van der Waals surface area contributed by atoms with Gasteiger partial charge in [0.15, 0.2) is 0 Å². The van der Waals surface area contributed by atoms with E-state index in [4.69, 9.17) is 9.47 Å². The van der Waals surface area contributed by atoms with E-state index in [0.717, 1.165) is 17.9 Å². The zero-order valence-electron chi connectivity index (χ0n) is 12.4. The maximum atomic E-state index is 11.7. The number of benzene rings is 1. The van der Waals surface area contributed by atoms with E-state index in [1.165, 1.54) is 0 Å². The average molecular weight is 280 g/mol. The van der Waals surface area contributed by atoms with Crippen LogP contribution in [-0.2, 0) is 9.53 Å². The molecule has 20 heavy (non-hydrogen) atoms. The summed E-state index contributed by atoms with van der Waals surface area (Å²) >= 11 is 0. The Hall–Kier alpha value is -1.59. The maximum Gasteiger partial charge on any atom is 0.238 e. The van der Waals surface area contributed by atoms with E-state index in [1.54, 1.807) is 7.11 Å². The molecule has 0 bridgehead atoms. The van der Waals surface area contributed by atoms with Crippen LogP contribution >= 0.6 is 0 Å². The van der Waals surface area contributed by atoms with Gasteiger partial charge in [0.05, 0.1) is 19.3 Å². The molecular formula is C15H24N2O3. The fraction of sp³-hybridized carbons (Fsp3) is 0.533. The van der Waals surface area contributed by atoms with Crippen molar-refractivity contribution >= 4 is 11.6 Å². The molecule has 0 aliphatic carbocycles. The summed E-state index contributed by atoms with van der Waals surface area (Å²) in [5, 5.41) is 5.82. The van der Waals surface area contributed by atoms with Crippen molar-refractivity contribution in [3.8, 4) is 5.75 Å². The Kier molecular flexibility index (Phi) is 7.69. The summed E-state index contributed by atoms with van der Waals surface area (Å²) in [6.45, 7) is 5.60. The predicted octanol–water partition coefficient (Wildman–Crippen LogP) is 2.04. The highest BCUT2D eigenvalue weighted by atomic mass is 16.5. The normalized spacial score (nSPS) is 11.9. The number of methoxy groups -OCH3 is 1. The Morgan fingerprint density at radius 3 is 2.90 bits per heavy atom. The number of anilines is 1. The molecule has 1 aromatic rings. The summed E-state index contributed by atoms with van der Waals surface area (Å²) < 4.78 is 10.6. The Labute approximate surface area is 120 Å². The van der Waals surface area contributed by atoms with Crippen LogP contribution in [0.25, 0.3) is 0 Å². The molecule has 0 radical (unpaired) electrons. The maximum absolute atomic E-state index is 11.7. The standard InChI is InChI=1S/C15H24N2O3/c1-4-12(2)20-14-7-5-6-13(10-14)17-15(18)11-16-8-9-19-3/h5-7,10,12,16H,4,8-9,11H2,1-3H3,(H,17,18). The fourth-order valence-corrected chi connectivity index (χ4v) is 1.54. The van der Waals surface area contributed by atoms with E-state index < -0.39 is 0 Å². The molecule has 1 amide bonds. The number of rotatable bonds is 9. The van der Waals surface area contributed by atoms with E-state index in [2.05, 4.69) is 17.6 Å². The average Bonchev–Trinajstić information content (AvgIpc) is 2.44. The van der Waals surface area contributed by atoms with Crippen molar-refractivity contribution in [2.24, 2.45) is 0 Å². The summed E-state index contributed by atoms with van der Waals surface area (Å²) in [5.74, 6) is 0.686. The third kappa shape index (κ3) is 6.54. The molecule has 0 spiro atoms. The van der Waals surface area contributed by atoms with Crippen molar-refractivity contribution in [2.75, 3.05) is 32.1 Å². The molecule has 0 aliphatic heterocycles. The van der Waals surface area contributed by atoms with Gasteiger partial charge < -0.3 is 20.1 Å². The molecule has 0 fully saturated rings. The SMILES string of the molecule is CCC(C)Oc1cccc(NC(=O)CNCCOC)c1. The van der Waals surface area contributed by atoms with Gasteiger partial charge in [-0.2, -0.15) is 0 Å². The Bertz CT molecular complexity index is 410. The van der Waals surface area contributed by atoms with Crippen LogP contribution in [0.2, 0.25) is 0 Å². The smallest absolute Gasteiger partial charge is 0.238 e. The molecule has 1 rings (SSSR count). The van der Waals surface area contributed by atoms with Crippen LogP contribution in [0.1, 0.15) is 20.3 Å². The highest BCUT2D eigenvalue weighted by Gasteiger charge is 2.05. The van der Waals surface area contributed by atoms with Crippen LogP contribution in [-0.4, -0.2) is 38.8 Å². The van der Waals surface area contributed by atoms with Gasteiger partial charge in [-0.1, -0.05) is 13.0 Å². The van der Waals surface area contributed by atoms with E-state index in [9.17, 15) is 4.79 Å². The predicted molar refractivity (Wildman–Crippen MR) is 80.2 cm³/mol. The molecule has 1 unspecified atom stereocenters. The van der Waals surface area contributed by atoms with Crippen molar-refractivity contribution in [3.63, 3.8) is 0 Å². The molecule has 0 aliphatic rings. The van der Waals surface area contributed by atoms with E-state index >= 15 is 0 Å². The second-order valence-electron chi connectivity index (χ2n) is 4.58. The van der Waals surface area contributed by atoms with Crippen molar-refractivity contribution in [1.82, 2.24) is 5.32 Å². The third-order valence-electron chi connectivity index (χ3n) is 2.80. The summed E-state index contributed by atoms with van der Waals surface area (Å²) in [5.41, 5.74) is 0.740. The minimum absolute atomic E-state index is 0.0817. The zero-order chi connectivity index (χ0) is 14.8. The first-order valence-corrected chi connectivity index (χ1v) is 6.92. The van der Waals surface area contributed by atoms with Gasteiger partial charge in [0, 0.05) is 25.4 Å². The summed E-state index contributed by atoms with van der Waals surface area (Å²) in [7, 11) is 1.63. The molecule has 5 nitrogen and oxygen atoms in total. The molecule has 1 atom stereocenters. The topological polar surface area (TPSA) is 59.6 Å². The van der Waals surface area contributed by atoms with Crippen LogP contribution in [0.3, 0.4) is 0 Å². The fourth-order valence-electron chi connectivity index (χ4n) is 1.54. The molecule has 1 aromatic carbocycles. The van der Waals surface area contributed by atoms with Gasteiger partial charge in [-0.05, 0) is 25.5 Å². The van der Waals surface area contributed by atoms with Crippen molar-refractivity contribution in [2.45, 2.75) is 26.4 Å². The van der Waals surface area contributed by atoms with Crippen molar-refractivity contribution < 1.29 is 14.3 Å². The Morgan fingerprint density at radius 2 is 2.20 bits per heavy atom. The minimum Gasteiger partial charge on any atom is -0.491 e. The second kappa shape index (κ2) is 9.34. The van der Waals surface area contributed by atoms with Crippen LogP contribution < -0.4 is 15.4 Å². The number of amides is 1. The van der Waals surface area contributed by atoms with Gasteiger partial charge in [-0.3, -0.25) is 4.79 Å². The number of hydrogen-bond donors (Lipinski definition) is 2. The van der Waals surface area contributed by atoms with Crippen LogP contribution in [0.4, 0.5) is 5.69 Å². The largest absolute Gasteiger partial charge is 0.491 e. The quantitative estimate of drug-likeness (QED) is 0.680. The summed E-state index contributed by atoms with van der Waals surface area (Å²) in [4.78, 5) is 11.7. The summed E-state index contributed by atoms with van der Waals surface area (Å²) in [6, 6.07) is 7.43. The lowest BCUT2D eigenvalue weighted by atomic mass is 10.2. The third-order valence-corrected chi connectivity index (χ3v) is 2.80. The van der Waals surface area contributed by atoms with Crippen LogP contribution in [0.5, 0.6) is 5.75 Å². The number of carbonyl (C=O) groups excluding carboxylic acids is 1. The number of carbonyl (C=O) groups is 1. The molecule has 0 saturated heterocycles.